The highest BCUT2D eigenvalue weighted by Gasteiger charge is 2.56. The van der Waals surface area contributed by atoms with Crippen LogP contribution in [0.3, 0.4) is 0 Å². The minimum atomic E-state index is -2.26. The Kier molecular flexibility index (Phi) is 8.04. The number of hydrogen-bond donors (Lipinski definition) is 2. The van der Waals surface area contributed by atoms with Gasteiger partial charge in [0.2, 0.25) is 11.8 Å². The number of benzene rings is 3. The van der Waals surface area contributed by atoms with Crippen molar-refractivity contribution in [2.24, 2.45) is 0 Å². The number of nitrogen functional groups attached to an aromatic ring is 1. The number of halogens is 1. The third-order valence-electron chi connectivity index (χ3n) is 8.21. The van der Waals surface area contributed by atoms with Gasteiger partial charge in [-0.05, 0) is 47.9 Å². The number of hydrogen-bond acceptors (Lipinski definition) is 10. The fraction of sp³-hybridized carbons (Fsp3) is 0.303. The van der Waals surface area contributed by atoms with E-state index in [0.29, 0.717) is 11.5 Å². The second-order valence-corrected chi connectivity index (χ2v) is 10.9. The van der Waals surface area contributed by atoms with Crippen LogP contribution in [0.25, 0.3) is 11.2 Å². The van der Waals surface area contributed by atoms with Crippen molar-refractivity contribution in [1.29, 1.82) is 0 Å². The van der Waals surface area contributed by atoms with Crippen molar-refractivity contribution in [3.05, 3.63) is 102 Å². The van der Waals surface area contributed by atoms with Crippen LogP contribution in [0.4, 0.5) is 10.3 Å². The Morgan fingerprint density at radius 3 is 2.02 bits per heavy atom. The van der Waals surface area contributed by atoms with Gasteiger partial charge in [-0.2, -0.15) is 9.97 Å². The minimum absolute atomic E-state index is 0.0771. The van der Waals surface area contributed by atoms with Crippen molar-refractivity contribution in [3.8, 4) is 17.4 Å². The molecule has 11 nitrogen and oxygen atoms in total. The second-order valence-electron chi connectivity index (χ2n) is 10.9. The van der Waals surface area contributed by atoms with Crippen molar-refractivity contribution in [2.45, 2.75) is 36.6 Å². The third-order valence-corrected chi connectivity index (χ3v) is 8.21. The predicted molar refractivity (Wildman–Crippen MR) is 164 cm³/mol. The number of methoxy groups -OCH3 is 3. The molecule has 3 heterocycles. The number of anilines is 1. The number of aliphatic hydroxyl groups is 1. The molecule has 1 fully saturated rings. The molecule has 12 heteroatoms. The first-order valence-electron chi connectivity index (χ1n) is 14.3. The van der Waals surface area contributed by atoms with Gasteiger partial charge in [-0.1, -0.05) is 54.6 Å². The molecular formula is C33H34FN5O6. The monoisotopic (exact) mass is 615 g/mol. The molecule has 1 aliphatic rings. The zero-order valence-corrected chi connectivity index (χ0v) is 25.3. The fourth-order valence-electron chi connectivity index (χ4n) is 5.85. The Bertz CT molecular complexity index is 1720. The van der Waals surface area contributed by atoms with Gasteiger partial charge >= 0.3 is 0 Å². The summed E-state index contributed by atoms with van der Waals surface area (Å²) < 4.78 is 47.0. The van der Waals surface area contributed by atoms with Gasteiger partial charge in [-0.15, -0.1) is 0 Å². The molecule has 5 aromatic rings. The Hall–Kier alpha value is -4.78. The lowest BCUT2D eigenvalue weighted by Gasteiger charge is -2.37. The maximum Gasteiger partial charge on any atom is 0.246 e. The maximum atomic E-state index is 16.4. The highest BCUT2D eigenvalue weighted by atomic mass is 19.1. The molecule has 0 bridgehead atoms. The first kappa shape index (κ1) is 30.3. The van der Waals surface area contributed by atoms with E-state index in [2.05, 4.69) is 15.0 Å². The molecule has 3 aromatic carbocycles. The summed E-state index contributed by atoms with van der Waals surface area (Å²) in [6.45, 7) is 1.09. The van der Waals surface area contributed by atoms with Crippen molar-refractivity contribution in [3.63, 3.8) is 0 Å². The molecule has 0 spiro atoms. The molecule has 0 radical (unpaired) electrons. The van der Waals surface area contributed by atoms with Crippen LogP contribution in [0.2, 0.25) is 0 Å². The van der Waals surface area contributed by atoms with E-state index in [1.54, 1.807) is 14.2 Å². The van der Waals surface area contributed by atoms with Gasteiger partial charge in [0.15, 0.2) is 23.1 Å². The average molecular weight is 616 g/mol. The van der Waals surface area contributed by atoms with Gasteiger partial charge in [0.25, 0.3) is 0 Å². The molecule has 1 saturated heterocycles. The van der Waals surface area contributed by atoms with Crippen LogP contribution in [-0.2, 0) is 15.1 Å². The van der Waals surface area contributed by atoms with E-state index in [1.807, 2.05) is 78.9 Å². The first-order chi connectivity index (χ1) is 21.7. The smallest absolute Gasteiger partial charge is 0.246 e. The molecule has 6 rings (SSSR count). The molecule has 0 aliphatic carbocycles. The summed E-state index contributed by atoms with van der Waals surface area (Å²) in [6, 6.07) is 24.7. The molecule has 4 atom stereocenters. The van der Waals surface area contributed by atoms with Crippen LogP contribution in [-0.4, -0.2) is 70.4 Å². The predicted octanol–water partition coefficient (Wildman–Crippen LogP) is 4.43. The van der Waals surface area contributed by atoms with E-state index in [1.165, 1.54) is 24.9 Å². The first-order valence-corrected chi connectivity index (χ1v) is 14.3. The van der Waals surface area contributed by atoms with E-state index < -0.39 is 29.7 Å². The molecule has 234 valence electrons. The van der Waals surface area contributed by atoms with Gasteiger partial charge in [-0.25, -0.2) is 9.37 Å². The minimum Gasteiger partial charge on any atom is -0.497 e. The Morgan fingerprint density at radius 1 is 0.889 bits per heavy atom. The number of imidazole rings is 1. The van der Waals surface area contributed by atoms with Gasteiger partial charge < -0.3 is 34.5 Å². The van der Waals surface area contributed by atoms with Crippen LogP contribution < -0.4 is 19.9 Å². The van der Waals surface area contributed by atoms with E-state index >= 15 is 4.39 Å². The normalized spacial score (nSPS) is 21.6. The van der Waals surface area contributed by atoms with Crippen LogP contribution in [0, 0.1) is 0 Å². The Labute approximate surface area is 259 Å². The number of nitrogens with two attached hydrogens (primary N) is 1. The zero-order chi connectivity index (χ0) is 31.8. The van der Waals surface area contributed by atoms with Crippen LogP contribution in [0.15, 0.2) is 85.2 Å². The third kappa shape index (κ3) is 5.20. The molecular weight excluding hydrogens is 581 g/mol. The molecule has 0 amide bonds. The summed E-state index contributed by atoms with van der Waals surface area (Å²) in [5.74, 6) is 1.41. The van der Waals surface area contributed by atoms with Gasteiger partial charge in [0.05, 0.1) is 34.3 Å². The number of nitrogens with zero attached hydrogens (tertiary/aromatic N) is 4. The lowest BCUT2D eigenvalue weighted by Crippen LogP contribution is -2.42. The summed E-state index contributed by atoms with van der Waals surface area (Å²) >= 11 is 0. The summed E-state index contributed by atoms with van der Waals surface area (Å²) in [5, 5.41) is 11.3. The molecule has 2 unspecified atom stereocenters. The number of ether oxygens (including phenoxy) is 5. The number of aromatic nitrogens is 4. The van der Waals surface area contributed by atoms with Crippen LogP contribution in [0.1, 0.15) is 29.8 Å². The van der Waals surface area contributed by atoms with E-state index in [9.17, 15) is 5.11 Å². The lowest BCUT2D eigenvalue weighted by atomic mass is 9.80. The summed E-state index contributed by atoms with van der Waals surface area (Å²) in [7, 11) is 4.62. The van der Waals surface area contributed by atoms with Crippen LogP contribution in [0.5, 0.6) is 17.4 Å². The molecule has 0 saturated carbocycles. The molecule has 2 aromatic heterocycles. The van der Waals surface area contributed by atoms with Crippen LogP contribution >= 0.6 is 0 Å². The summed E-state index contributed by atoms with van der Waals surface area (Å²) in [5.41, 5.74) is 5.30. The summed E-state index contributed by atoms with van der Waals surface area (Å²) in [4.78, 5) is 12.6. The van der Waals surface area contributed by atoms with E-state index in [0.717, 1.165) is 16.7 Å². The topological polar surface area (TPSA) is 136 Å². The fourth-order valence-corrected chi connectivity index (χ4v) is 5.85. The quantitative estimate of drug-likeness (QED) is 0.217. The second kappa shape index (κ2) is 12.0. The number of alkyl halides is 1. The number of rotatable bonds is 10. The van der Waals surface area contributed by atoms with E-state index in [-0.39, 0.29) is 29.6 Å². The molecule has 3 N–H and O–H groups in total. The van der Waals surface area contributed by atoms with Crippen molar-refractivity contribution < 1.29 is 33.2 Å². The van der Waals surface area contributed by atoms with Crippen molar-refractivity contribution in [1.82, 2.24) is 19.5 Å². The highest BCUT2D eigenvalue weighted by molar-refractivity contribution is 5.77. The molecule has 45 heavy (non-hydrogen) atoms. The number of fused-ring (bicyclic) bond motifs is 1. The van der Waals surface area contributed by atoms with Crippen molar-refractivity contribution >= 4 is 17.1 Å². The Balaban J connectivity index is 1.41. The highest BCUT2D eigenvalue weighted by Crippen LogP contribution is 2.46. The Morgan fingerprint density at radius 2 is 1.47 bits per heavy atom. The largest absolute Gasteiger partial charge is 0.497 e. The SMILES string of the molecule is COc1ccc(C(OCC2OC(n3cnc4c(OC)nc(N)nc43)[C@](C)(F)[C@@H]2O)(c2ccccc2)c2ccc(OC)cc2)cc1. The van der Waals surface area contributed by atoms with Gasteiger partial charge in [0, 0.05) is 0 Å². The van der Waals surface area contributed by atoms with Crippen molar-refractivity contribution in [2.75, 3.05) is 33.7 Å². The lowest BCUT2D eigenvalue weighted by molar-refractivity contribution is -0.0949. The zero-order valence-electron chi connectivity index (χ0n) is 25.3. The van der Waals surface area contributed by atoms with Gasteiger partial charge in [-0.3, -0.25) is 4.57 Å². The maximum absolute atomic E-state index is 16.4. The van der Waals surface area contributed by atoms with Gasteiger partial charge in [0.1, 0.15) is 29.3 Å². The average Bonchev–Trinajstić information content (AvgIpc) is 3.58. The summed E-state index contributed by atoms with van der Waals surface area (Å²) in [6.07, 6.45) is -2.59. The molecule has 1 aliphatic heterocycles. The standard InChI is InChI=1S/C33H34FN5O6/c1-32(34)27(40)25(45-30(32)39-19-36-26-28(39)37-31(35)38-29(26)43-4)18-44-33(20-8-6-5-7-9-20,21-10-14-23(41-2)15-11-21)22-12-16-24(42-3)17-13-22/h5-17,19,25,27,30,40H,18H2,1-4H3,(H2,35,37,38)/t25?,27-,30?,32-/m1/s1. The number of aliphatic hydroxyl groups excluding tert-OH is 1. The van der Waals surface area contributed by atoms with E-state index in [4.69, 9.17) is 29.4 Å².